The van der Waals surface area contributed by atoms with E-state index in [0.29, 0.717) is 5.56 Å². The minimum Gasteiger partial charge on any atom is -0.478 e. The molecule has 1 aromatic rings. The molecule has 0 saturated heterocycles. The number of aromatic carboxylic acids is 2. The van der Waals surface area contributed by atoms with E-state index < -0.39 is 11.9 Å². The number of rotatable bonds is 6. The Morgan fingerprint density at radius 3 is 2.56 bits per heavy atom. The molecule has 1 aromatic carbocycles. The summed E-state index contributed by atoms with van der Waals surface area (Å²) in [5, 5.41) is 20.8. The molecule has 0 unspecified atom stereocenters. The highest BCUT2D eigenvalue weighted by Crippen LogP contribution is 2.14. The molecule has 18 heavy (non-hydrogen) atoms. The van der Waals surface area contributed by atoms with Gasteiger partial charge in [-0.1, -0.05) is 18.2 Å². The summed E-state index contributed by atoms with van der Waals surface area (Å²) in [4.78, 5) is 21.8. The smallest absolute Gasteiger partial charge is 0.336 e. The van der Waals surface area contributed by atoms with Crippen LogP contribution >= 0.6 is 0 Å². The van der Waals surface area contributed by atoms with Crippen LogP contribution in [0.25, 0.3) is 6.08 Å². The van der Waals surface area contributed by atoms with Crippen LogP contribution in [0.15, 0.2) is 24.3 Å². The summed E-state index contributed by atoms with van der Waals surface area (Å²) >= 11 is 0. The van der Waals surface area contributed by atoms with Gasteiger partial charge in [-0.3, -0.25) is 0 Å². The fraction of sp³-hybridized carbons (Fsp3) is 0.231. The lowest BCUT2D eigenvalue weighted by Gasteiger charge is -2.03. The van der Waals surface area contributed by atoms with Crippen molar-refractivity contribution in [2.75, 3.05) is 13.6 Å². The molecule has 0 aliphatic rings. The third kappa shape index (κ3) is 3.71. The topological polar surface area (TPSA) is 86.6 Å². The molecule has 0 heterocycles. The molecule has 0 aromatic heterocycles. The largest absolute Gasteiger partial charge is 0.478 e. The van der Waals surface area contributed by atoms with E-state index in [-0.39, 0.29) is 11.1 Å². The van der Waals surface area contributed by atoms with Crippen molar-refractivity contribution < 1.29 is 19.8 Å². The van der Waals surface area contributed by atoms with E-state index >= 15 is 0 Å². The lowest BCUT2D eigenvalue weighted by Crippen LogP contribution is -2.06. The highest BCUT2D eigenvalue weighted by molar-refractivity contribution is 5.96. The molecule has 3 N–H and O–H groups in total. The van der Waals surface area contributed by atoms with Crippen LogP contribution in [0.2, 0.25) is 0 Å². The number of carboxylic acids is 2. The zero-order chi connectivity index (χ0) is 13.5. The van der Waals surface area contributed by atoms with Gasteiger partial charge in [-0.2, -0.15) is 0 Å². The predicted octanol–water partition coefficient (Wildman–Crippen LogP) is 1.71. The first-order valence-corrected chi connectivity index (χ1v) is 5.48. The average Bonchev–Trinajstić information content (AvgIpc) is 2.34. The fourth-order valence-corrected chi connectivity index (χ4v) is 1.46. The molecule has 5 heteroatoms. The molecule has 96 valence electrons. The van der Waals surface area contributed by atoms with Crippen molar-refractivity contribution in [3.05, 3.63) is 41.0 Å². The molecule has 0 aliphatic heterocycles. The SMILES string of the molecule is CNCCC=Cc1ccc(C(=O)O)cc1C(=O)O. The Balaban J connectivity index is 3.00. The van der Waals surface area contributed by atoms with Gasteiger partial charge < -0.3 is 15.5 Å². The number of benzene rings is 1. The first-order valence-electron chi connectivity index (χ1n) is 5.48. The number of nitrogens with one attached hydrogen (secondary N) is 1. The summed E-state index contributed by atoms with van der Waals surface area (Å²) < 4.78 is 0. The Morgan fingerprint density at radius 1 is 1.28 bits per heavy atom. The van der Waals surface area contributed by atoms with E-state index in [1.807, 2.05) is 13.1 Å². The molecule has 5 nitrogen and oxygen atoms in total. The highest BCUT2D eigenvalue weighted by atomic mass is 16.4. The first kappa shape index (κ1) is 13.9. The van der Waals surface area contributed by atoms with Crippen molar-refractivity contribution in [2.45, 2.75) is 6.42 Å². The second-order valence-electron chi connectivity index (χ2n) is 3.71. The van der Waals surface area contributed by atoms with Crippen molar-refractivity contribution in [1.82, 2.24) is 5.32 Å². The van der Waals surface area contributed by atoms with Gasteiger partial charge in [-0.15, -0.1) is 0 Å². The van der Waals surface area contributed by atoms with Gasteiger partial charge >= 0.3 is 11.9 Å². The predicted molar refractivity (Wildman–Crippen MR) is 67.9 cm³/mol. The second-order valence-corrected chi connectivity index (χ2v) is 3.71. The summed E-state index contributed by atoms with van der Waals surface area (Å²) in [5.41, 5.74) is 0.471. The Morgan fingerprint density at radius 2 is 2.00 bits per heavy atom. The zero-order valence-electron chi connectivity index (χ0n) is 10.0. The van der Waals surface area contributed by atoms with Crippen LogP contribution in [-0.4, -0.2) is 35.7 Å². The lowest BCUT2D eigenvalue weighted by atomic mass is 10.0. The molecule has 0 aliphatic carbocycles. The molecule has 0 saturated carbocycles. The molecule has 0 amide bonds. The van der Waals surface area contributed by atoms with E-state index in [1.54, 1.807) is 6.08 Å². The molecule has 0 spiro atoms. The van der Waals surface area contributed by atoms with Crippen LogP contribution in [0.4, 0.5) is 0 Å². The standard InChI is InChI=1S/C13H15NO4/c1-14-7-3-2-4-9-5-6-10(12(15)16)8-11(9)13(17)18/h2,4-6,8,14H,3,7H2,1H3,(H,15,16)(H,17,18). The quantitative estimate of drug-likeness (QED) is 0.668. The van der Waals surface area contributed by atoms with Crippen LogP contribution in [-0.2, 0) is 0 Å². The molecule has 0 atom stereocenters. The molecular formula is C13H15NO4. The summed E-state index contributed by atoms with van der Waals surface area (Å²) in [7, 11) is 1.83. The van der Waals surface area contributed by atoms with Crippen LogP contribution in [0, 0.1) is 0 Å². The van der Waals surface area contributed by atoms with Gasteiger partial charge in [0.2, 0.25) is 0 Å². The van der Waals surface area contributed by atoms with Gasteiger partial charge in [0.1, 0.15) is 0 Å². The maximum absolute atomic E-state index is 11.0. The number of hydrogen-bond acceptors (Lipinski definition) is 3. The fourth-order valence-electron chi connectivity index (χ4n) is 1.46. The number of carboxylic acid groups (broad SMARTS) is 2. The van der Waals surface area contributed by atoms with Crippen LogP contribution < -0.4 is 5.32 Å². The van der Waals surface area contributed by atoms with Crippen LogP contribution in [0.3, 0.4) is 0 Å². The zero-order valence-corrected chi connectivity index (χ0v) is 10.0. The van der Waals surface area contributed by atoms with Crippen molar-refractivity contribution >= 4 is 18.0 Å². The van der Waals surface area contributed by atoms with E-state index in [1.165, 1.54) is 18.2 Å². The lowest BCUT2D eigenvalue weighted by molar-refractivity contribution is 0.0695. The Bertz CT molecular complexity index is 480. The van der Waals surface area contributed by atoms with Crippen LogP contribution in [0.1, 0.15) is 32.7 Å². The van der Waals surface area contributed by atoms with Crippen molar-refractivity contribution in [1.29, 1.82) is 0 Å². The van der Waals surface area contributed by atoms with Gasteiger partial charge in [-0.05, 0) is 37.7 Å². The molecular weight excluding hydrogens is 234 g/mol. The van der Waals surface area contributed by atoms with Crippen molar-refractivity contribution in [3.8, 4) is 0 Å². The third-order valence-electron chi connectivity index (χ3n) is 2.39. The van der Waals surface area contributed by atoms with E-state index in [4.69, 9.17) is 10.2 Å². The number of hydrogen-bond donors (Lipinski definition) is 3. The molecule has 0 radical (unpaired) electrons. The number of carbonyl (C=O) groups is 2. The summed E-state index contributed by atoms with van der Waals surface area (Å²) in [5.74, 6) is -2.27. The van der Waals surface area contributed by atoms with Gasteiger partial charge in [0.25, 0.3) is 0 Å². The monoisotopic (exact) mass is 249 g/mol. The van der Waals surface area contributed by atoms with Gasteiger partial charge in [-0.25, -0.2) is 9.59 Å². The maximum Gasteiger partial charge on any atom is 0.336 e. The Hall–Kier alpha value is -2.14. The van der Waals surface area contributed by atoms with Crippen LogP contribution in [0.5, 0.6) is 0 Å². The average molecular weight is 249 g/mol. The minimum atomic E-state index is -1.14. The van der Waals surface area contributed by atoms with Gasteiger partial charge in [0, 0.05) is 0 Å². The van der Waals surface area contributed by atoms with E-state index in [0.717, 1.165) is 13.0 Å². The maximum atomic E-state index is 11.0. The summed E-state index contributed by atoms with van der Waals surface area (Å²) in [6.07, 6.45) is 4.31. The second kappa shape index (κ2) is 6.56. The van der Waals surface area contributed by atoms with Crippen molar-refractivity contribution in [2.24, 2.45) is 0 Å². The Kier molecular flexibility index (Phi) is 5.07. The van der Waals surface area contributed by atoms with Gasteiger partial charge in [0.15, 0.2) is 0 Å². The highest BCUT2D eigenvalue weighted by Gasteiger charge is 2.12. The third-order valence-corrected chi connectivity index (χ3v) is 2.39. The molecule has 1 rings (SSSR count). The van der Waals surface area contributed by atoms with Crippen molar-refractivity contribution in [3.63, 3.8) is 0 Å². The normalized spacial score (nSPS) is 10.7. The van der Waals surface area contributed by atoms with E-state index in [9.17, 15) is 9.59 Å². The van der Waals surface area contributed by atoms with E-state index in [2.05, 4.69) is 5.32 Å². The molecule has 0 fully saturated rings. The Labute approximate surface area is 105 Å². The first-order chi connectivity index (χ1) is 8.56. The minimum absolute atomic E-state index is 0.00407. The van der Waals surface area contributed by atoms with Gasteiger partial charge in [0.05, 0.1) is 11.1 Å². The summed E-state index contributed by atoms with van der Waals surface area (Å²) in [6, 6.07) is 4.07. The molecule has 0 bridgehead atoms. The summed E-state index contributed by atoms with van der Waals surface area (Å²) in [6.45, 7) is 0.798.